The number of nitriles is 1. The van der Waals surface area contributed by atoms with Gasteiger partial charge >= 0.3 is 0 Å². The Bertz CT molecular complexity index is 315. The maximum Gasteiger partial charge on any atom is 0.198 e. The largest absolute Gasteiger partial charge is 0.378 e. The van der Waals surface area contributed by atoms with Crippen LogP contribution in [0, 0.1) is 16.7 Å². The van der Waals surface area contributed by atoms with Crippen LogP contribution < -0.4 is 5.32 Å². The van der Waals surface area contributed by atoms with Gasteiger partial charge in [0.1, 0.15) is 11.9 Å². The summed E-state index contributed by atoms with van der Waals surface area (Å²) >= 11 is 0. The van der Waals surface area contributed by atoms with Crippen LogP contribution in [0.5, 0.6) is 0 Å². The molecular weight excluding hydrogens is 199 g/mol. The predicted molar refractivity (Wildman–Crippen MR) is 52.9 cm³/mol. The molecule has 0 aromatic carbocycles. The first-order chi connectivity index (χ1) is 7.20. The van der Waals surface area contributed by atoms with E-state index in [1.165, 1.54) is 6.07 Å². The Morgan fingerprint density at radius 3 is 2.60 bits per heavy atom. The second-order valence-electron chi connectivity index (χ2n) is 3.00. The molecule has 0 unspecified atom stereocenters. The van der Waals surface area contributed by atoms with Gasteiger partial charge in [0.25, 0.3) is 0 Å². The number of hydrogen-bond acceptors (Lipinski definition) is 5. The average molecular weight is 212 g/mol. The molecule has 0 amide bonds. The van der Waals surface area contributed by atoms with Gasteiger partial charge in [0.2, 0.25) is 0 Å². The first kappa shape index (κ1) is 11.5. The lowest BCUT2D eigenvalue weighted by molar-refractivity contribution is 0.0498. The minimum absolute atomic E-state index is 0.185. The van der Waals surface area contributed by atoms with E-state index in [4.69, 9.17) is 15.4 Å². The molecule has 5 nitrogen and oxygen atoms in total. The molecule has 82 valence electrons. The van der Waals surface area contributed by atoms with Crippen LogP contribution >= 0.6 is 0 Å². The molecule has 1 rings (SSSR count). The van der Waals surface area contributed by atoms with Gasteiger partial charge in [-0.05, 0) is 0 Å². The third kappa shape index (κ3) is 2.67. The Hall–Kier alpha value is -1.61. The minimum Gasteiger partial charge on any atom is -0.378 e. The lowest BCUT2D eigenvalue weighted by Crippen LogP contribution is -2.40. The Kier molecular flexibility index (Phi) is 4.06. The molecule has 15 heavy (non-hydrogen) atoms. The van der Waals surface area contributed by atoms with Gasteiger partial charge in [-0.25, -0.2) is 0 Å². The van der Waals surface area contributed by atoms with Gasteiger partial charge in [-0.2, -0.15) is 9.65 Å². The summed E-state index contributed by atoms with van der Waals surface area (Å²) in [6, 6.07) is 1.47. The molecule has 0 aliphatic carbocycles. The topological polar surface area (TPSA) is 72.1 Å². The second-order valence-corrected chi connectivity index (χ2v) is 3.00. The van der Waals surface area contributed by atoms with E-state index in [2.05, 4.69) is 5.32 Å². The van der Waals surface area contributed by atoms with Crippen LogP contribution in [0.15, 0.2) is 11.6 Å². The number of nitrogens with zero attached hydrogens (tertiary/aromatic N) is 2. The van der Waals surface area contributed by atoms with Gasteiger partial charge in [0, 0.05) is 20.1 Å². The molecule has 1 fully saturated rings. The fraction of sp³-hybridized carbons (Fsp3) is 0.556. The highest BCUT2D eigenvalue weighted by Crippen LogP contribution is 2.11. The summed E-state index contributed by atoms with van der Waals surface area (Å²) in [5, 5.41) is 18.2. The van der Waals surface area contributed by atoms with Crippen molar-refractivity contribution in [1.29, 1.82) is 10.7 Å². The normalized spacial score (nSPS) is 17.8. The Morgan fingerprint density at radius 2 is 2.13 bits per heavy atom. The minimum atomic E-state index is -0.818. The van der Waals surface area contributed by atoms with Gasteiger partial charge in [0.15, 0.2) is 11.5 Å². The van der Waals surface area contributed by atoms with Crippen LogP contribution in [0.1, 0.15) is 0 Å². The zero-order valence-electron chi connectivity index (χ0n) is 8.51. The molecule has 0 bridgehead atoms. The van der Waals surface area contributed by atoms with E-state index in [-0.39, 0.29) is 5.82 Å². The maximum absolute atomic E-state index is 13.5. The van der Waals surface area contributed by atoms with Crippen molar-refractivity contribution in [1.82, 2.24) is 10.2 Å². The number of morpholine rings is 1. The number of ether oxygens (including phenoxy) is 1. The molecule has 6 heteroatoms. The van der Waals surface area contributed by atoms with Gasteiger partial charge in [-0.15, -0.1) is 0 Å². The Balaban J connectivity index is 2.85. The van der Waals surface area contributed by atoms with Crippen LogP contribution in [0.3, 0.4) is 0 Å². The molecule has 1 heterocycles. The fourth-order valence-electron chi connectivity index (χ4n) is 1.36. The summed E-state index contributed by atoms with van der Waals surface area (Å²) in [6.07, 6.45) is 0. The van der Waals surface area contributed by atoms with Crippen molar-refractivity contribution in [3.8, 4) is 6.07 Å². The zero-order valence-corrected chi connectivity index (χ0v) is 8.51. The van der Waals surface area contributed by atoms with E-state index in [1.54, 1.807) is 11.9 Å². The van der Waals surface area contributed by atoms with Gasteiger partial charge < -0.3 is 15.0 Å². The first-order valence-corrected chi connectivity index (χ1v) is 4.60. The molecule has 0 spiro atoms. The first-order valence-electron chi connectivity index (χ1n) is 4.60. The third-order valence-electron chi connectivity index (χ3n) is 2.10. The summed E-state index contributed by atoms with van der Waals surface area (Å²) < 4.78 is 18.7. The average Bonchev–Trinajstić information content (AvgIpc) is 2.30. The van der Waals surface area contributed by atoms with Crippen molar-refractivity contribution >= 4 is 5.71 Å². The maximum atomic E-state index is 13.5. The summed E-state index contributed by atoms with van der Waals surface area (Å²) in [5.41, 5.74) is -0.661. The van der Waals surface area contributed by atoms with Crippen LogP contribution in [0.2, 0.25) is 0 Å². The van der Waals surface area contributed by atoms with E-state index < -0.39 is 11.5 Å². The van der Waals surface area contributed by atoms with E-state index in [0.29, 0.717) is 26.3 Å². The number of allylic oxidation sites excluding steroid dienone is 1. The molecule has 1 saturated heterocycles. The molecule has 2 N–H and O–H groups in total. The molecule has 1 aliphatic heterocycles. The van der Waals surface area contributed by atoms with Crippen molar-refractivity contribution in [2.45, 2.75) is 0 Å². The van der Waals surface area contributed by atoms with E-state index >= 15 is 0 Å². The molecule has 1 aliphatic rings. The summed E-state index contributed by atoms with van der Waals surface area (Å²) in [5.74, 6) is -0.633. The highest BCUT2D eigenvalue weighted by molar-refractivity contribution is 6.07. The quantitative estimate of drug-likeness (QED) is 0.656. The molecule has 0 saturated carbocycles. The zero-order chi connectivity index (χ0) is 11.3. The Labute approximate surface area is 87.6 Å². The van der Waals surface area contributed by atoms with Crippen molar-refractivity contribution in [3.63, 3.8) is 0 Å². The van der Waals surface area contributed by atoms with Crippen molar-refractivity contribution in [2.75, 3.05) is 33.4 Å². The van der Waals surface area contributed by atoms with Gasteiger partial charge in [-0.3, -0.25) is 5.41 Å². The summed E-state index contributed by atoms with van der Waals surface area (Å²) in [7, 11) is 1.56. The van der Waals surface area contributed by atoms with Gasteiger partial charge in [-0.1, -0.05) is 0 Å². The number of rotatable bonds is 3. The van der Waals surface area contributed by atoms with Crippen LogP contribution in [-0.4, -0.2) is 44.0 Å². The van der Waals surface area contributed by atoms with E-state index in [0.717, 1.165) is 0 Å². The summed E-state index contributed by atoms with van der Waals surface area (Å²) in [4.78, 5) is 1.73. The Morgan fingerprint density at radius 1 is 1.53 bits per heavy atom. The summed E-state index contributed by atoms with van der Waals surface area (Å²) in [6.45, 7) is 2.17. The lowest BCUT2D eigenvalue weighted by Gasteiger charge is -2.30. The second kappa shape index (κ2) is 5.32. The van der Waals surface area contributed by atoms with Crippen LogP contribution in [-0.2, 0) is 4.74 Å². The van der Waals surface area contributed by atoms with Crippen molar-refractivity contribution < 1.29 is 9.13 Å². The van der Waals surface area contributed by atoms with Crippen LogP contribution in [0.25, 0.3) is 0 Å². The lowest BCUT2D eigenvalue weighted by atomic mass is 10.3. The molecule has 0 aromatic rings. The standard InChI is InChI=1S/C9H13FN4O/c1-13-9(8(10)7(12)6-11)14-2-4-15-5-3-14/h12-13H,2-5H2,1H3/b9-8-,12-7?. The van der Waals surface area contributed by atoms with Crippen molar-refractivity contribution in [3.05, 3.63) is 11.6 Å². The number of nitrogens with one attached hydrogen (secondary N) is 2. The van der Waals surface area contributed by atoms with Gasteiger partial charge in [0.05, 0.1) is 13.2 Å². The SMILES string of the molecule is CN/C(=C(/F)C(=N)C#N)N1CCOCC1. The van der Waals surface area contributed by atoms with Crippen molar-refractivity contribution in [2.24, 2.45) is 0 Å². The highest BCUT2D eigenvalue weighted by atomic mass is 19.1. The van der Waals surface area contributed by atoms with Crippen LogP contribution in [0.4, 0.5) is 4.39 Å². The highest BCUT2D eigenvalue weighted by Gasteiger charge is 2.19. The molecule has 0 atom stereocenters. The number of halogens is 1. The predicted octanol–water partition coefficient (Wildman–Crippen LogP) is 0.220. The van der Waals surface area contributed by atoms with E-state index in [1.807, 2.05) is 0 Å². The molecule has 0 aromatic heterocycles. The monoisotopic (exact) mass is 212 g/mol. The number of hydrogen-bond donors (Lipinski definition) is 2. The molecular formula is C9H13FN4O. The molecule has 0 radical (unpaired) electrons. The fourth-order valence-corrected chi connectivity index (χ4v) is 1.36. The third-order valence-corrected chi connectivity index (χ3v) is 2.10. The van der Waals surface area contributed by atoms with E-state index in [9.17, 15) is 4.39 Å². The smallest absolute Gasteiger partial charge is 0.198 e.